The molecule has 0 aliphatic carbocycles. The van der Waals surface area contributed by atoms with Gasteiger partial charge < -0.3 is 10.1 Å². The van der Waals surface area contributed by atoms with Gasteiger partial charge in [-0.25, -0.2) is 14.4 Å². The van der Waals surface area contributed by atoms with Crippen LogP contribution in [-0.4, -0.2) is 35.2 Å². The zero-order valence-corrected chi connectivity index (χ0v) is 12.8. The Balaban J connectivity index is 1.88. The van der Waals surface area contributed by atoms with Crippen LogP contribution in [0, 0.1) is 0 Å². The number of nitrogens with one attached hydrogen (secondary N) is 1. The summed E-state index contributed by atoms with van der Waals surface area (Å²) in [6, 6.07) is 8.25. The van der Waals surface area contributed by atoms with Gasteiger partial charge in [-0.3, -0.25) is 4.79 Å². The highest BCUT2D eigenvalue weighted by molar-refractivity contribution is 5.81. The summed E-state index contributed by atoms with van der Waals surface area (Å²) in [5, 5.41) is 1.57. The van der Waals surface area contributed by atoms with Gasteiger partial charge in [0.2, 0.25) is 0 Å². The zero-order chi connectivity index (χ0) is 18.3. The first-order valence-corrected chi connectivity index (χ1v) is 7.03. The molecular weight excluding hydrogens is 342 g/mol. The van der Waals surface area contributed by atoms with Gasteiger partial charge in [-0.15, -0.1) is 0 Å². The van der Waals surface area contributed by atoms with Crippen LogP contribution < -0.4 is 10.1 Å². The third-order valence-corrected chi connectivity index (χ3v) is 2.99. The number of carbonyl (C=O) groups excluding carboxylic acids is 1. The van der Waals surface area contributed by atoms with E-state index >= 15 is 0 Å². The Morgan fingerprint density at radius 3 is 2.36 bits per heavy atom. The van der Waals surface area contributed by atoms with Gasteiger partial charge in [0, 0.05) is 30.1 Å². The van der Waals surface area contributed by atoms with E-state index < -0.39 is 18.6 Å². The fraction of sp³-hybridized carbons (Fsp3) is 0.188. The first-order chi connectivity index (χ1) is 11.9. The van der Waals surface area contributed by atoms with Crippen molar-refractivity contribution in [3.05, 3.63) is 54.6 Å². The highest BCUT2D eigenvalue weighted by Gasteiger charge is 2.38. The Morgan fingerprint density at radius 2 is 1.80 bits per heavy atom. The Hall–Kier alpha value is -2.97. The van der Waals surface area contributed by atoms with Crippen LogP contribution in [0.15, 0.2) is 54.6 Å². The number of nitrogens with zero attached hydrogens (tertiary/aromatic N) is 2. The van der Waals surface area contributed by atoms with Gasteiger partial charge in [-0.05, 0) is 30.3 Å². The van der Waals surface area contributed by atoms with Crippen molar-refractivity contribution in [2.75, 3.05) is 13.2 Å². The van der Waals surface area contributed by atoms with Crippen LogP contribution in [0.5, 0.6) is 5.75 Å². The lowest BCUT2D eigenvalue weighted by Crippen LogP contribution is -2.38. The van der Waals surface area contributed by atoms with Crippen molar-refractivity contribution in [2.45, 2.75) is 6.18 Å². The Labute approximate surface area is 140 Å². The Kier molecular flexibility index (Phi) is 6.04. The van der Waals surface area contributed by atoms with E-state index in [1.165, 1.54) is 0 Å². The molecular formula is C16H13F4N3O2. The summed E-state index contributed by atoms with van der Waals surface area (Å²) in [5.74, 6) is -1.24. The lowest BCUT2D eigenvalue weighted by atomic mass is 10.2. The predicted molar refractivity (Wildman–Crippen MR) is 81.2 cm³/mol. The van der Waals surface area contributed by atoms with Crippen molar-refractivity contribution in [3.63, 3.8) is 0 Å². The van der Waals surface area contributed by atoms with Crippen molar-refractivity contribution >= 4 is 5.91 Å². The van der Waals surface area contributed by atoms with Gasteiger partial charge in [0.1, 0.15) is 12.4 Å². The number of aromatic nitrogens is 2. The summed E-state index contributed by atoms with van der Waals surface area (Å²) < 4.78 is 54.2. The Morgan fingerprint density at radius 1 is 1.16 bits per heavy atom. The van der Waals surface area contributed by atoms with E-state index in [0.29, 0.717) is 11.6 Å². The maximum atomic E-state index is 12.7. The van der Waals surface area contributed by atoms with Gasteiger partial charge in [-0.2, -0.15) is 13.2 Å². The van der Waals surface area contributed by atoms with Crippen molar-refractivity contribution in [3.8, 4) is 17.1 Å². The van der Waals surface area contributed by atoms with Crippen molar-refractivity contribution < 1.29 is 27.1 Å². The molecule has 0 bridgehead atoms. The molecule has 0 spiro atoms. The van der Waals surface area contributed by atoms with Gasteiger partial charge in [-0.1, -0.05) is 0 Å². The highest BCUT2D eigenvalue weighted by atomic mass is 19.4. The number of carbonyl (C=O) groups is 1. The minimum absolute atomic E-state index is 0.100. The van der Waals surface area contributed by atoms with E-state index in [1.54, 1.807) is 48.0 Å². The van der Waals surface area contributed by atoms with E-state index in [0.717, 1.165) is 5.56 Å². The second-order valence-corrected chi connectivity index (χ2v) is 4.83. The number of rotatable bonds is 6. The summed E-state index contributed by atoms with van der Waals surface area (Å²) >= 11 is 0. The quantitative estimate of drug-likeness (QED) is 0.809. The summed E-state index contributed by atoms with van der Waals surface area (Å²) in [5.41, 5.74) is 0.597. The number of ether oxygens (including phenoxy) is 1. The largest absolute Gasteiger partial charge is 0.489 e. The van der Waals surface area contributed by atoms with Crippen LogP contribution in [0.1, 0.15) is 0 Å². The molecule has 0 aliphatic heterocycles. The molecule has 1 amide bonds. The van der Waals surface area contributed by atoms with Gasteiger partial charge in [0.15, 0.2) is 5.82 Å². The summed E-state index contributed by atoms with van der Waals surface area (Å²) in [7, 11) is 0. The first kappa shape index (κ1) is 18.4. The standard InChI is InChI=1S/C16H13F4N3O2/c17-8-11(9-23-15(24)16(18,19)20)10-25-13-4-2-12(3-5-13)14-21-6-1-7-22-14/h1-8H,9-10H2,(H,23,24)/b11-8+. The maximum absolute atomic E-state index is 12.7. The van der Waals surface area contributed by atoms with Crippen molar-refractivity contribution in [1.82, 2.24) is 15.3 Å². The molecule has 0 aliphatic rings. The topological polar surface area (TPSA) is 64.1 Å². The van der Waals surface area contributed by atoms with Crippen molar-refractivity contribution in [2.24, 2.45) is 0 Å². The molecule has 25 heavy (non-hydrogen) atoms. The second-order valence-electron chi connectivity index (χ2n) is 4.83. The van der Waals surface area contributed by atoms with Crippen LogP contribution in [0.2, 0.25) is 0 Å². The third kappa shape index (κ3) is 5.55. The van der Waals surface area contributed by atoms with Crippen LogP contribution in [0.4, 0.5) is 17.6 Å². The number of hydrogen-bond acceptors (Lipinski definition) is 4. The van der Waals surface area contributed by atoms with E-state index in [-0.39, 0.29) is 18.5 Å². The number of benzene rings is 1. The predicted octanol–water partition coefficient (Wildman–Crippen LogP) is 3.05. The average molecular weight is 355 g/mol. The van der Waals surface area contributed by atoms with Crippen LogP contribution in [-0.2, 0) is 4.79 Å². The molecule has 2 aromatic rings. The Bertz CT molecular complexity index is 731. The smallest absolute Gasteiger partial charge is 0.471 e. The van der Waals surface area contributed by atoms with E-state index in [4.69, 9.17) is 4.74 Å². The lowest BCUT2D eigenvalue weighted by Gasteiger charge is -2.11. The molecule has 132 valence electrons. The van der Waals surface area contributed by atoms with Gasteiger partial charge >= 0.3 is 12.1 Å². The molecule has 9 heteroatoms. The fourth-order valence-corrected chi connectivity index (χ4v) is 1.74. The number of alkyl halides is 3. The molecule has 0 atom stereocenters. The molecule has 0 saturated heterocycles. The maximum Gasteiger partial charge on any atom is 0.471 e. The average Bonchev–Trinajstić information content (AvgIpc) is 2.62. The summed E-state index contributed by atoms with van der Waals surface area (Å²) in [6.45, 7) is -0.916. The molecule has 0 radical (unpaired) electrons. The molecule has 2 rings (SSSR count). The monoisotopic (exact) mass is 355 g/mol. The molecule has 1 aromatic carbocycles. The van der Waals surface area contributed by atoms with Gasteiger partial charge in [0.05, 0.1) is 6.33 Å². The number of halogens is 4. The molecule has 0 unspecified atom stereocenters. The van der Waals surface area contributed by atoms with E-state index in [1.807, 2.05) is 0 Å². The minimum atomic E-state index is -5.02. The third-order valence-electron chi connectivity index (χ3n) is 2.99. The molecule has 1 heterocycles. The second kappa shape index (κ2) is 8.22. The van der Waals surface area contributed by atoms with Crippen LogP contribution in [0.25, 0.3) is 11.4 Å². The van der Waals surface area contributed by atoms with Gasteiger partial charge in [0.25, 0.3) is 0 Å². The SMILES string of the molecule is O=C(NC/C(=C\F)COc1ccc(-c2ncccn2)cc1)C(F)(F)F. The lowest BCUT2D eigenvalue weighted by molar-refractivity contribution is -0.173. The van der Waals surface area contributed by atoms with E-state index in [2.05, 4.69) is 9.97 Å². The van der Waals surface area contributed by atoms with Crippen molar-refractivity contribution in [1.29, 1.82) is 0 Å². The van der Waals surface area contributed by atoms with Crippen LogP contribution >= 0.6 is 0 Å². The zero-order valence-electron chi connectivity index (χ0n) is 12.8. The normalized spacial score (nSPS) is 11.9. The molecule has 0 saturated carbocycles. The number of amides is 1. The molecule has 1 N–H and O–H groups in total. The highest BCUT2D eigenvalue weighted by Crippen LogP contribution is 2.19. The molecule has 0 fully saturated rings. The first-order valence-electron chi connectivity index (χ1n) is 7.03. The molecule has 1 aromatic heterocycles. The van der Waals surface area contributed by atoms with E-state index in [9.17, 15) is 22.4 Å². The molecule has 5 nitrogen and oxygen atoms in total. The summed E-state index contributed by atoms with van der Waals surface area (Å²) in [6.07, 6.45) is -1.72. The minimum Gasteiger partial charge on any atom is -0.489 e. The number of hydrogen-bond donors (Lipinski definition) is 1. The fourth-order valence-electron chi connectivity index (χ4n) is 1.74. The van der Waals surface area contributed by atoms with Crippen LogP contribution in [0.3, 0.4) is 0 Å². The summed E-state index contributed by atoms with van der Waals surface area (Å²) in [4.78, 5) is 18.9.